The van der Waals surface area contributed by atoms with E-state index in [-0.39, 0.29) is 11.3 Å². The average Bonchev–Trinajstić information content (AvgIpc) is 3.11. The van der Waals surface area contributed by atoms with E-state index in [9.17, 15) is 17.6 Å². The van der Waals surface area contributed by atoms with Gasteiger partial charge in [0.2, 0.25) is 11.0 Å². The smallest absolute Gasteiger partial charge is 0.239 e. The number of rotatable bonds is 7. The maximum atomic E-state index is 12.9. The molecular formula is C17H15ClFN3O4S2. The molecule has 0 aliphatic rings. The van der Waals surface area contributed by atoms with Crippen LogP contribution in [-0.2, 0) is 14.6 Å². The summed E-state index contributed by atoms with van der Waals surface area (Å²) in [5.41, 5.74) is 5.60. The van der Waals surface area contributed by atoms with E-state index in [1.807, 2.05) is 0 Å². The summed E-state index contributed by atoms with van der Waals surface area (Å²) in [6, 6.07) is 7.82. The van der Waals surface area contributed by atoms with E-state index in [1.54, 1.807) is 12.1 Å². The van der Waals surface area contributed by atoms with E-state index in [0.29, 0.717) is 26.1 Å². The molecule has 0 aliphatic carbocycles. The lowest BCUT2D eigenvalue weighted by Crippen LogP contribution is -2.30. The lowest BCUT2D eigenvalue weighted by atomic mass is 10.3. The molecule has 11 heteroatoms. The molecule has 0 fully saturated rings. The molecule has 0 saturated carbocycles. The first-order valence-corrected chi connectivity index (χ1v) is 10.8. The quantitative estimate of drug-likeness (QED) is 0.429. The molecule has 0 saturated heterocycles. The Bertz CT molecular complexity index is 1120. The molecule has 1 amide bonds. The number of hydrogen-bond acceptors (Lipinski definition) is 7. The van der Waals surface area contributed by atoms with Crippen molar-refractivity contribution in [3.63, 3.8) is 0 Å². The minimum atomic E-state index is -3.69. The highest BCUT2D eigenvalue weighted by molar-refractivity contribution is 7.91. The van der Waals surface area contributed by atoms with Crippen molar-refractivity contribution in [2.45, 2.75) is 11.3 Å². The van der Waals surface area contributed by atoms with Crippen LogP contribution in [0, 0.1) is 5.82 Å². The highest BCUT2D eigenvalue weighted by Gasteiger charge is 2.17. The van der Waals surface area contributed by atoms with E-state index >= 15 is 0 Å². The molecule has 2 aromatic carbocycles. The standard InChI is InChI=1S/C17H15ClFN3O4S2/c1-26-13-7-6-12(18)16-15(13)20-17(27-16)22-21-14(23)8-9-28(24,25)11-4-2-10(19)3-5-11/h2-7H,8-9H2,1H3,(H,20,22)(H,21,23). The Labute approximate surface area is 169 Å². The number of nitrogens with one attached hydrogen (secondary N) is 2. The molecular weight excluding hydrogens is 429 g/mol. The second-order valence-corrected chi connectivity index (χ2v) is 9.16. The van der Waals surface area contributed by atoms with Crippen molar-refractivity contribution in [2.75, 3.05) is 18.3 Å². The summed E-state index contributed by atoms with van der Waals surface area (Å²) < 4.78 is 43.2. The van der Waals surface area contributed by atoms with Gasteiger partial charge >= 0.3 is 0 Å². The zero-order valence-corrected chi connectivity index (χ0v) is 16.9. The van der Waals surface area contributed by atoms with Crippen molar-refractivity contribution < 1.29 is 22.3 Å². The number of nitrogens with zero attached hydrogens (tertiary/aromatic N) is 1. The summed E-state index contributed by atoms with van der Waals surface area (Å²) in [6.45, 7) is 0. The van der Waals surface area contributed by atoms with Gasteiger partial charge in [0.05, 0.1) is 27.5 Å². The molecule has 0 radical (unpaired) electrons. The summed E-state index contributed by atoms with van der Waals surface area (Å²) >= 11 is 7.35. The number of ether oxygens (including phenoxy) is 1. The number of hydrazine groups is 1. The topological polar surface area (TPSA) is 97.4 Å². The molecule has 28 heavy (non-hydrogen) atoms. The first kappa shape index (κ1) is 20.3. The molecule has 3 aromatic rings. The third-order valence-electron chi connectivity index (χ3n) is 3.76. The Morgan fingerprint density at radius 3 is 2.64 bits per heavy atom. The molecule has 2 N–H and O–H groups in total. The van der Waals surface area contributed by atoms with Gasteiger partial charge in [-0.3, -0.25) is 15.6 Å². The van der Waals surface area contributed by atoms with Gasteiger partial charge in [-0.05, 0) is 36.4 Å². The predicted molar refractivity (Wildman–Crippen MR) is 106 cm³/mol. The number of halogens is 2. The van der Waals surface area contributed by atoms with E-state index in [2.05, 4.69) is 15.8 Å². The maximum Gasteiger partial charge on any atom is 0.239 e. The van der Waals surface area contributed by atoms with Crippen LogP contribution in [0.25, 0.3) is 10.2 Å². The number of anilines is 1. The minimum Gasteiger partial charge on any atom is -0.494 e. The Morgan fingerprint density at radius 2 is 1.96 bits per heavy atom. The number of carbonyl (C=O) groups is 1. The van der Waals surface area contributed by atoms with Gasteiger partial charge in [0.15, 0.2) is 9.84 Å². The van der Waals surface area contributed by atoms with Crippen LogP contribution in [0.2, 0.25) is 5.02 Å². The third-order valence-corrected chi connectivity index (χ3v) is 6.92. The Hall–Kier alpha value is -2.43. The molecule has 3 rings (SSSR count). The van der Waals surface area contributed by atoms with Gasteiger partial charge in [-0.2, -0.15) is 0 Å². The normalized spacial score (nSPS) is 11.4. The molecule has 1 heterocycles. The SMILES string of the molecule is COc1ccc(Cl)c2sc(NNC(=O)CCS(=O)(=O)c3ccc(F)cc3)nc12. The largest absolute Gasteiger partial charge is 0.494 e. The molecule has 0 bridgehead atoms. The summed E-state index contributed by atoms with van der Waals surface area (Å²) in [5.74, 6) is -0.942. The van der Waals surface area contributed by atoms with Crippen LogP contribution < -0.4 is 15.6 Å². The van der Waals surface area contributed by atoms with Crippen molar-refractivity contribution in [3.05, 3.63) is 47.2 Å². The van der Waals surface area contributed by atoms with Crippen molar-refractivity contribution in [1.82, 2.24) is 10.4 Å². The number of amides is 1. The zero-order valence-electron chi connectivity index (χ0n) is 14.5. The fraction of sp³-hybridized carbons (Fsp3) is 0.176. The van der Waals surface area contributed by atoms with Gasteiger partial charge < -0.3 is 4.74 Å². The van der Waals surface area contributed by atoms with Crippen LogP contribution in [0.5, 0.6) is 5.75 Å². The number of sulfone groups is 1. The van der Waals surface area contributed by atoms with Gasteiger partial charge in [-0.1, -0.05) is 22.9 Å². The molecule has 0 atom stereocenters. The lowest BCUT2D eigenvalue weighted by Gasteiger charge is -2.06. The van der Waals surface area contributed by atoms with Crippen LogP contribution in [0.3, 0.4) is 0 Å². The van der Waals surface area contributed by atoms with Gasteiger partial charge in [-0.25, -0.2) is 17.8 Å². The Kier molecular flexibility index (Phi) is 6.01. The fourth-order valence-electron chi connectivity index (χ4n) is 2.34. The number of methoxy groups -OCH3 is 1. The van der Waals surface area contributed by atoms with Crippen molar-refractivity contribution in [2.24, 2.45) is 0 Å². The monoisotopic (exact) mass is 443 g/mol. The van der Waals surface area contributed by atoms with Crippen LogP contribution in [0.15, 0.2) is 41.3 Å². The number of hydrogen-bond donors (Lipinski definition) is 2. The van der Waals surface area contributed by atoms with Crippen LogP contribution in [-0.4, -0.2) is 32.2 Å². The Morgan fingerprint density at radius 1 is 1.25 bits per heavy atom. The molecule has 0 unspecified atom stereocenters. The molecule has 148 valence electrons. The number of aromatic nitrogens is 1. The average molecular weight is 444 g/mol. The fourth-order valence-corrected chi connectivity index (χ4v) is 4.69. The lowest BCUT2D eigenvalue weighted by molar-refractivity contribution is -0.120. The minimum absolute atomic E-state index is 0.0393. The van der Waals surface area contributed by atoms with E-state index in [0.717, 1.165) is 12.1 Å². The van der Waals surface area contributed by atoms with E-state index < -0.39 is 27.3 Å². The van der Waals surface area contributed by atoms with Crippen LogP contribution in [0.4, 0.5) is 9.52 Å². The van der Waals surface area contributed by atoms with Gasteiger partial charge in [0.25, 0.3) is 0 Å². The van der Waals surface area contributed by atoms with E-state index in [1.165, 1.54) is 30.6 Å². The number of carbonyl (C=O) groups excluding carboxylic acids is 1. The summed E-state index contributed by atoms with van der Waals surface area (Å²) in [4.78, 5) is 16.3. The summed E-state index contributed by atoms with van der Waals surface area (Å²) in [5, 5.41) is 0.870. The van der Waals surface area contributed by atoms with Gasteiger partial charge in [0.1, 0.15) is 17.1 Å². The number of benzene rings is 2. The number of thiazole rings is 1. The highest BCUT2D eigenvalue weighted by atomic mass is 35.5. The third kappa shape index (κ3) is 4.51. The first-order valence-electron chi connectivity index (χ1n) is 7.96. The summed E-state index contributed by atoms with van der Waals surface area (Å²) in [6.07, 6.45) is -0.276. The van der Waals surface area contributed by atoms with Crippen LogP contribution in [0.1, 0.15) is 6.42 Å². The zero-order chi connectivity index (χ0) is 20.3. The highest BCUT2D eigenvalue weighted by Crippen LogP contribution is 2.37. The predicted octanol–water partition coefficient (Wildman–Crippen LogP) is 3.40. The second-order valence-electron chi connectivity index (χ2n) is 5.64. The maximum absolute atomic E-state index is 12.9. The van der Waals surface area contributed by atoms with E-state index in [4.69, 9.17) is 16.3 Å². The second kappa shape index (κ2) is 8.29. The van der Waals surface area contributed by atoms with Crippen molar-refractivity contribution in [1.29, 1.82) is 0 Å². The van der Waals surface area contributed by atoms with Crippen molar-refractivity contribution >= 4 is 54.0 Å². The van der Waals surface area contributed by atoms with Crippen molar-refractivity contribution in [3.8, 4) is 5.75 Å². The molecule has 1 aromatic heterocycles. The van der Waals surface area contributed by atoms with Crippen LogP contribution >= 0.6 is 22.9 Å². The summed E-state index contributed by atoms with van der Waals surface area (Å²) in [7, 11) is -2.18. The first-order chi connectivity index (χ1) is 13.3. The van der Waals surface area contributed by atoms with Gasteiger partial charge in [-0.15, -0.1) is 0 Å². The molecule has 0 spiro atoms. The molecule has 0 aliphatic heterocycles. The Balaban J connectivity index is 1.61. The molecule has 7 nitrogen and oxygen atoms in total. The number of fused-ring (bicyclic) bond motifs is 1. The van der Waals surface area contributed by atoms with Gasteiger partial charge in [0, 0.05) is 6.42 Å².